The maximum Gasteiger partial charge on any atom is 0.338 e. The van der Waals surface area contributed by atoms with Crippen molar-refractivity contribution in [3.63, 3.8) is 0 Å². The Balaban J connectivity index is 1.43. The Morgan fingerprint density at radius 1 is 1.11 bits per heavy atom. The van der Waals surface area contributed by atoms with Crippen LogP contribution in [0.5, 0.6) is 0 Å². The molecule has 1 heterocycles. The maximum absolute atomic E-state index is 12.8. The summed E-state index contributed by atoms with van der Waals surface area (Å²) in [6, 6.07) is 5.39. The molecule has 0 spiro atoms. The monoisotopic (exact) mass is 382 g/mol. The number of benzene rings is 1. The van der Waals surface area contributed by atoms with Gasteiger partial charge in [0.2, 0.25) is 17.7 Å². The van der Waals surface area contributed by atoms with Crippen molar-refractivity contribution < 1.29 is 23.9 Å². The summed E-state index contributed by atoms with van der Waals surface area (Å²) in [6.45, 7) is 3.57. The van der Waals surface area contributed by atoms with Crippen molar-refractivity contribution in [3.8, 4) is 0 Å². The van der Waals surface area contributed by atoms with Gasteiger partial charge in [0.15, 0.2) is 0 Å². The zero-order chi connectivity index (χ0) is 20.0. The molecule has 1 saturated heterocycles. The molecule has 7 nitrogen and oxygen atoms in total. The van der Waals surface area contributed by atoms with Gasteiger partial charge in [-0.2, -0.15) is 0 Å². The van der Waals surface area contributed by atoms with Crippen molar-refractivity contribution in [2.24, 2.45) is 23.7 Å². The molecule has 2 fully saturated rings. The van der Waals surface area contributed by atoms with Gasteiger partial charge in [-0.15, -0.1) is 0 Å². The van der Waals surface area contributed by atoms with E-state index in [1.165, 1.54) is 0 Å². The van der Waals surface area contributed by atoms with Gasteiger partial charge in [-0.3, -0.25) is 19.3 Å². The van der Waals surface area contributed by atoms with Crippen LogP contribution in [0.2, 0.25) is 0 Å². The van der Waals surface area contributed by atoms with Gasteiger partial charge in [0.05, 0.1) is 24.0 Å². The summed E-state index contributed by atoms with van der Waals surface area (Å²) in [5, 5.41) is 2.71. The second-order valence-electron chi connectivity index (χ2n) is 7.51. The maximum atomic E-state index is 12.8. The fourth-order valence-electron chi connectivity index (χ4n) is 4.58. The summed E-state index contributed by atoms with van der Waals surface area (Å²) in [5.74, 6) is -1.77. The third-order valence-electron chi connectivity index (χ3n) is 5.93. The second-order valence-corrected chi connectivity index (χ2v) is 7.51. The minimum Gasteiger partial charge on any atom is -0.462 e. The lowest BCUT2D eigenvalue weighted by Crippen LogP contribution is -2.46. The van der Waals surface area contributed by atoms with E-state index in [9.17, 15) is 19.2 Å². The number of imide groups is 1. The van der Waals surface area contributed by atoms with Crippen LogP contribution in [-0.4, -0.2) is 41.2 Å². The minimum absolute atomic E-state index is 0.113. The van der Waals surface area contributed by atoms with Gasteiger partial charge in [0.1, 0.15) is 6.04 Å². The lowest BCUT2D eigenvalue weighted by atomic mass is 9.85. The summed E-state index contributed by atoms with van der Waals surface area (Å²) < 4.78 is 4.92. The quantitative estimate of drug-likeness (QED) is 0.478. The predicted molar refractivity (Wildman–Crippen MR) is 100 cm³/mol. The number of nitrogens with one attached hydrogen (secondary N) is 1. The predicted octanol–water partition coefficient (Wildman–Crippen LogP) is 2.00. The molecule has 4 rings (SSSR count). The number of carbonyl (C=O) groups is 4. The molecule has 0 unspecified atom stereocenters. The van der Waals surface area contributed by atoms with E-state index < -0.39 is 17.9 Å². The van der Waals surface area contributed by atoms with Crippen LogP contribution in [0.25, 0.3) is 0 Å². The van der Waals surface area contributed by atoms with Crippen LogP contribution in [-0.2, 0) is 19.1 Å². The molecule has 146 valence electrons. The second kappa shape index (κ2) is 6.89. The molecule has 2 bridgehead atoms. The van der Waals surface area contributed by atoms with Crippen LogP contribution >= 0.6 is 0 Å². The van der Waals surface area contributed by atoms with Crippen molar-refractivity contribution in [1.29, 1.82) is 0 Å². The number of likely N-dealkylation sites (tertiary alicyclic amines) is 1. The Morgan fingerprint density at radius 3 is 2.21 bits per heavy atom. The lowest BCUT2D eigenvalue weighted by Gasteiger charge is -2.23. The number of nitrogens with zero attached hydrogens (tertiary/aromatic N) is 1. The molecule has 0 aromatic heterocycles. The van der Waals surface area contributed by atoms with E-state index in [0.717, 1.165) is 11.3 Å². The highest BCUT2D eigenvalue weighted by Gasteiger charge is 2.60. The zero-order valence-electron chi connectivity index (χ0n) is 15.8. The van der Waals surface area contributed by atoms with Gasteiger partial charge in [-0.25, -0.2) is 4.79 Å². The summed E-state index contributed by atoms with van der Waals surface area (Å²) in [6.07, 6.45) is 4.90. The van der Waals surface area contributed by atoms with E-state index >= 15 is 0 Å². The van der Waals surface area contributed by atoms with E-state index in [-0.39, 0.29) is 42.1 Å². The number of amides is 3. The molecule has 2 aliphatic carbocycles. The highest BCUT2D eigenvalue weighted by atomic mass is 16.5. The van der Waals surface area contributed by atoms with Crippen molar-refractivity contribution in [2.75, 3.05) is 11.9 Å². The van der Waals surface area contributed by atoms with Crippen molar-refractivity contribution in [3.05, 3.63) is 42.0 Å². The highest BCUT2D eigenvalue weighted by molar-refractivity contribution is 6.10. The smallest absolute Gasteiger partial charge is 0.338 e. The van der Waals surface area contributed by atoms with Crippen LogP contribution in [0.3, 0.4) is 0 Å². The first-order valence-electron chi connectivity index (χ1n) is 9.55. The summed E-state index contributed by atoms with van der Waals surface area (Å²) in [5.41, 5.74) is 0.861. The Kier molecular flexibility index (Phi) is 4.53. The van der Waals surface area contributed by atoms with E-state index in [1.807, 2.05) is 12.2 Å². The average Bonchev–Trinajstić information content (AvgIpc) is 3.36. The van der Waals surface area contributed by atoms with E-state index in [2.05, 4.69) is 5.32 Å². The van der Waals surface area contributed by atoms with Crippen LogP contribution < -0.4 is 5.32 Å². The standard InChI is InChI=1S/C21H22N2O5/c1-3-28-21(27)12-6-8-15(9-7-12)22-18(24)11(2)23-19(25)16-13-4-5-14(10-13)17(16)20(23)26/h4-9,11,13-14,16-17H,3,10H2,1-2H3,(H,22,24)/t11-,13-,14+,16-,17-/m0/s1. The number of fused-ring (bicyclic) bond motifs is 5. The molecule has 1 N–H and O–H groups in total. The Labute approximate surface area is 162 Å². The molecular weight excluding hydrogens is 360 g/mol. The number of hydrogen-bond donors (Lipinski definition) is 1. The molecule has 3 amide bonds. The van der Waals surface area contributed by atoms with Gasteiger partial charge in [0.25, 0.3) is 0 Å². The SMILES string of the molecule is CCOC(=O)c1ccc(NC(=O)[C@H](C)N2C(=O)[C@@H]3[C@@H](C2=O)[C@H]2C=C[C@@H]3C2)cc1. The van der Waals surface area contributed by atoms with E-state index in [0.29, 0.717) is 11.3 Å². The molecule has 28 heavy (non-hydrogen) atoms. The first-order valence-corrected chi connectivity index (χ1v) is 9.55. The Bertz CT molecular complexity index is 845. The molecule has 0 radical (unpaired) electrons. The molecular formula is C21H22N2O5. The third kappa shape index (κ3) is 2.82. The molecule has 3 aliphatic rings. The van der Waals surface area contributed by atoms with Gasteiger partial charge in [-0.1, -0.05) is 12.2 Å². The molecule has 1 aromatic rings. The number of hydrogen-bond acceptors (Lipinski definition) is 5. The summed E-state index contributed by atoms with van der Waals surface area (Å²) >= 11 is 0. The topological polar surface area (TPSA) is 92.8 Å². The fourth-order valence-corrected chi connectivity index (χ4v) is 4.58. The Morgan fingerprint density at radius 2 is 1.68 bits per heavy atom. The summed E-state index contributed by atoms with van der Waals surface area (Å²) in [7, 11) is 0. The molecule has 1 aliphatic heterocycles. The van der Waals surface area contributed by atoms with Gasteiger partial charge >= 0.3 is 5.97 Å². The molecule has 1 saturated carbocycles. The minimum atomic E-state index is -0.894. The van der Waals surface area contributed by atoms with Crippen LogP contribution in [0, 0.1) is 23.7 Å². The van der Waals surface area contributed by atoms with Crippen LogP contribution in [0.1, 0.15) is 30.6 Å². The average molecular weight is 382 g/mol. The number of ether oxygens (including phenoxy) is 1. The zero-order valence-corrected chi connectivity index (χ0v) is 15.8. The normalized spacial score (nSPS) is 28.4. The summed E-state index contributed by atoms with van der Waals surface area (Å²) in [4.78, 5) is 51.1. The number of esters is 1. The number of rotatable bonds is 5. The van der Waals surface area contributed by atoms with Crippen molar-refractivity contribution in [1.82, 2.24) is 4.90 Å². The molecule has 1 aromatic carbocycles. The fraction of sp³-hybridized carbons (Fsp3) is 0.429. The first-order chi connectivity index (χ1) is 13.4. The van der Waals surface area contributed by atoms with Crippen molar-refractivity contribution >= 4 is 29.4 Å². The van der Waals surface area contributed by atoms with E-state index in [1.54, 1.807) is 38.1 Å². The third-order valence-corrected chi connectivity index (χ3v) is 5.93. The molecule has 7 heteroatoms. The number of allylic oxidation sites excluding steroid dienone is 2. The lowest BCUT2D eigenvalue weighted by molar-refractivity contribution is -0.146. The van der Waals surface area contributed by atoms with Gasteiger partial charge in [0, 0.05) is 5.69 Å². The number of anilines is 1. The van der Waals surface area contributed by atoms with E-state index in [4.69, 9.17) is 4.74 Å². The van der Waals surface area contributed by atoms with Gasteiger partial charge in [-0.05, 0) is 56.4 Å². The highest BCUT2D eigenvalue weighted by Crippen LogP contribution is 2.52. The van der Waals surface area contributed by atoms with Gasteiger partial charge < -0.3 is 10.1 Å². The first kappa shape index (κ1) is 18.4. The van der Waals surface area contributed by atoms with Crippen LogP contribution in [0.15, 0.2) is 36.4 Å². The largest absolute Gasteiger partial charge is 0.462 e. The molecule has 5 atom stereocenters. The Hall–Kier alpha value is -2.96. The number of carbonyl (C=O) groups excluding carboxylic acids is 4. The van der Waals surface area contributed by atoms with Crippen LogP contribution in [0.4, 0.5) is 5.69 Å². The van der Waals surface area contributed by atoms with Crippen molar-refractivity contribution in [2.45, 2.75) is 26.3 Å².